The summed E-state index contributed by atoms with van der Waals surface area (Å²) in [6.07, 6.45) is -6.21. The summed E-state index contributed by atoms with van der Waals surface area (Å²) in [5.41, 5.74) is -3.70. The summed E-state index contributed by atoms with van der Waals surface area (Å²) in [5.74, 6) is -3.23. The Hall–Kier alpha value is -2.42. The first-order valence-electron chi connectivity index (χ1n) is 7.76. The smallest absolute Gasteiger partial charge is 0.438 e. The maximum Gasteiger partial charge on any atom is 0.438 e. The summed E-state index contributed by atoms with van der Waals surface area (Å²) in [7, 11) is 0. The molecule has 0 bridgehead atoms. The largest absolute Gasteiger partial charge is 0.453 e. The summed E-state index contributed by atoms with van der Waals surface area (Å²) < 4.78 is 45.1. The number of esters is 1. The molecule has 142 valence electrons. The van der Waals surface area contributed by atoms with Gasteiger partial charge in [0.25, 0.3) is 5.72 Å². The van der Waals surface area contributed by atoms with Crippen molar-refractivity contribution in [2.24, 2.45) is 5.10 Å². The second kappa shape index (κ2) is 6.39. The summed E-state index contributed by atoms with van der Waals surface area (Å²) in [4.78, 5) is 24.1. The molecule has 0 fully saturated rings. The van der Waals surface area contributed by atoms with Gasteiger partial charge in [-0.1, -0.05) is 29.8 Å². The van der Waals surface area contributed by atoms with Crippen LogP contribution < -0.4 is 0 Å². The van der Waals surface area contributed by atoms with Gasteiger partial charge < -0.3 is 9.84 Å². The number of aryl methyl sites for hydroxylation is 1. The van der Waals surface area contributed by atoms with Crippen molar-refractivity contribution < 1.29 is 32.6 Å². The maximum atomic E-state index is 13.4. The molecule has 1 atom stereocenters. The van der Waals surface area contributed by atoms with Crippen LogP contribution in [0, 0.1) is 6.92 Å². The highest BCUT2D eigenvalue weighted by atomic mass is 19.4. The van der Waals surface area contributed by atoms with Crippen molar-refractivity contribution in [1.82, 2.24) is 5.01 Å². The van der Waals surface area contributed by atoms with Crippen LogP contribution in [0.2, 0.25) is 0 Å². The van der Waals surface area contributed by atoms with Crippen LogP contribution in [-0.4, -0.2) is 45.2 Å². The Balaban J connectivity index is 2.42. The van der Waals surface area contributed by atoms with Crippen LogP contribution in [0.4, 0.5) is 13.2 Å². The molecule has 0 aromatic heterocycles. The van der Waals surface area contributed by atoms with Gasteiger partial charge in [-0.3, -0.25) is 4.79 Å². The van der Waals surface area contributed by atoms with Crippen molar-refractivity contribution in [3.05, 3.63) is 35.4 Å². The summed E-state index contributed by atoms with van der Waals surface area (Å²) in [6, 6.07) is 6.35. The first-order chi connectivity index (χ1) is 11.7. The van der Waals surface area contributed by atoms with E-state index < -0.39 is 35.8 Å². The van der Waals surface area contributed by atoms with Crippen molar-refractivity contribution in [1.29, 1.82) is 0 Å². The van der Waals surface area contributed by atoms with Crippen LogP contribution in [0.25, 0.3) is 0 Å². The number of carbonyl (C=O) groups excluding carboxylic acids is 2. The molecule has 0 saturated carbocycles. The Kier molecular flexibility index (Phi) is 4.89. The molecule has 1 aliphatic rings. The van der Waals surface area contributed by atoms with E-state index in [2.05, 4.69) is 5.10 Å². The van der Waals surface area contributed by atoms with Crippen LogP contribution in [-0.2, 0) is 14.3 Å². The van der Waals surface area contributed by atoms with Gasteiger partial charge in [0.15, 0.2) is 0 Å². The molecule has 1 aliphatic heterocycles. The molecule has 0 radical (unpaired) electrons. The zero-order valence-corrected chi connectivity index (χ0v) is 14.7. The first-order valence-corrected chi connectivity index (χ1v) is 7.76. The molecule has 0 aliphatic carbocycles. The Morgan fingerprint density at radius 2 is 1.73 bits per heavy atom. The highest BCUT2D eigenvalue weighted by Gasteiger charge is 2.64. The Morgan fingerprint density at radius 3 is 2.19 bits per heavy atom. The number of aliphatic hydroxyl groups is 1. The van der Waals surface area contributed by atoms with Crippen LogP contribution in [0.1, 0.15) is 38.3 Å². The number of halogens is 3. The van der Waals surface area contributed by atoms with E-state index in [1.807, 2.05) is 0 Å². The topological polar surface area (TPSA) is 79.2 Å². The standard InChI is InChI=1S/C17H19F3N2O4/c1-10-5-7-11(8-6-10)12-9-16(25,17(18,19)20)22(21-12)13(23)14(24)26-15(2,3)4/h5-8,25H,9H2,1-4H3/t16-/m0/s1. The number of ether oxygens (including phenoxy) is 1. The van der Waals surface area contributed by atoms with Gasteiger partial charge in [-0.2, -0.15) is 23.3 Å². The molecule has 1 heterocycles. The van der Waals surface area contributed by atoms with Gasteiger partial charge >= 0.3 is 18.1 Å². The third-order valence-electron chi connectivity index (χ3n) is 3.59. The number of alkyl halides is 3. The lowest BCUT2D eigenvalue weighted by atomic mass is 10.00. The fourth-order valence-corrected chi connectivity index (χ4v) is 2.29. The molecule has 1 N–H and O–H groups in total. The van der Waals surface area contributed by atoms with Crippen molar-refractivity contribution in [3.63, 3.8) is 0 Å². The van der Waals surface area contributed by atoms with E-state index in [1.54, 1.807) is 19.1 Å². The van der Waals surface area contributed by atoms with E-state index in [4.69, 9.17) is 4.74 Å². The number of benzene rings is 1. The summed E-state index contributed by atoms with van der Waals surface area (Å²) in [6.45, 7) is 6.17. The third-order valence-corrected chi connectivity index (χ3v) is 3.59. The van der Waals surface area contributed by atoms with E-state index >= 15 is 0 Å². The van der Waals surface area contributed by atoms with E-state index in [-0.39, 0.29) is 10.7 Å². The number of hydrogen-bond acceptors (Lipinski definition) is 5. The average Bonchev–Trinajstić information content (AvgIpc) is 2.84. The zero-order valence-electron chi connectivity index (χ0n) is 14.7. The second-order valence-corrected chi connectivity index (χ2v) is 7.02. The van der Waals surface area contributed by atoms with Crippen LogP contribution >= 0.6 is 0 Å². The van der Waals surface area contributed by atoms with Gasteiger partial charge in [-0.15, -0.1) is 0 Å². The van der Waals surface area contributed by atoms with Crippen LogP contribution in [0.5, 0.6) is 0 Å². The molecule has 0 saturated heterocycles. The highest BCUT2D eigenvalue weighted by molar-refractivity contribution is 6.33. The molecule has 26 heavy (non-hydrogen) atoms. The quantitative estimate of drug-likeness (QED) is 0.607. The minimum absolute atomic E-state index is 0.165. The number of nitrogens with zero attached hydrogens (tertiary/aromatic N) is 2. The Morgan fingerprint density at radius 1 is 1.19 bits per heavy atom. The normalized spacial score (nSPS) is 20.8. The zero-order chi connectivity index (χ0) is 19.9. The third kappa shape index (κ3) is 3.87. The molecule has 0 unspecified atom stereocenters. The number of hydrazone groups is 1. The maximum absolute atomic E-state index is 13.4. The molecule has 1 aromatic rings. The lowest BCUT2D eigenvalue weighted by molar-refractivity contribution is -0.302. The fraction of sp³-hybridized carbons (Fsp3) is 0.471. The van der Waals surface area contributed by atoms with Gasteiger partial charge in [-0.05, 0) is 33.3 Å². The van der Waals surface area contributed by atoms with E-state index in [0.29, 0.717) is 5.56 Å². The summed E-state index contributed by atoms with van der Waals surface area (Å²) >= 11 is 0. The van der Waals surface area contributed by atoms with Gasteiger partial charge in [0.1, 0.15) is 5.60 Å². The lowest BCUT2D eigenvalue weighted by Gasteiger charge is -2.32. The minimum atomic E-state index is -5.22. The molecular weight excluding hydrogens is 353 g/mol. The molecule has 2 rings (SSSR count). The first kappa shape index (κ1) is 19.9. The van der Waals surface area contributed by atoms with Crippen molar-refractivity contribution in [2.75, 3.05) is 0 Å². The SMILES string of the molecule is Cc1ccc(C2=NN(C(=O)C(=O)OC(C)(C)C)[C@@](O)(C(F)(F)F)C2)cc1. The van der Waals surface area contributed by atoms with Gasteiger partial charge in [0, 0.05) is 0 Å². The molecular formula is C17H19F3N2O4. The second-order valence-electron chi connectivity index (χ2n) is 7.02. The number of amides is 1. The molecule has 6 nitrogen and oxygen atoms in total. The van der Waals surface area contributed by atoms with E-state index in [0.717, 1.165) is 5.56 Å². The van der Waals surface area contributed by atoms with Crippen LogP contribution in [0.15, 0.2) is 29.4 Å². The Labute approximate surface area is 148 Å². The fourth-order valence-electron chi connectivity index (χ4n) is 2.29. The van der Waals surface area contributed by atoms with E-state index in [1.165, 1.54) is 32.9 Å². The number of rotatable bonds is 1. The average molecular weight is 372 g/mol. The van der Waals surface area contributed by atoms with Crippen molar-refractivity contribution >= 4 is 17.6 Å². The van der Waals surface area contributed by atoms with Crippen LogP contribution in [0.3, 0.4) is 0 Å². The van der Waals surface area contributed by atoms with Crippen molar-refractivity contribution in [2.45, 2.75) is 51.6 Å². The number of hydrogen-bond donors (Lipinski definition) is 1. The van der Waals surface area contributed by atoms with E-state index in [9.17, 15) is 27.9 Å². The Bertz CT molecular complexity index is 751. The minimum Gasteiger partial charge on any atom is -0.453 e. The lowest BCUT2D eigenvalue weighted by Crippen LogP contribution is -2.58. The number of carbonyl (C=O) groups is 2. The predicted octanol–water partition coefficient (Wildman–Crippen LogP) is 2.52. The monoisotopic (exact) mass is 372 g/mol. The van der Waals surface area contributed by atoms with Gasteiger partial charge in [-0.25, -0.2) is 4.79 Å². The van der Waals surface area contributed by atoms with Gasteiger partial charge in [0.2, 0.25) is 0 Å². The molecule has 9 heteroatoms. The summed E-state index contributed by atoms with van der Waals surface area (Å²) in [5, 5.41) is 13.5. The molecule has 1 amide bonds. The van der Waals surface area contributed by atoms with Crippen molar-refractivity contribution in [3.8, 4) is 0 Å². The molecule has 0 spiro atoms. The predicted molar refractivity (Wildman–Crippen MR) is 86.0 cm³/mol. The molecule has 1 aromatic carbocycles. The highest BCUT2D eigenvalue weighted by Crippen LogP contribution is 2.41. The van der Waals surface area contributed by atoms with Gasteiger partial charge in [0.05, 0.1) is 12.1 Å².